The average Bonchev–Trinajstić information content (AvgIpc) is 3.41. The van der Waals surface area contributed by atoms with Crippen LogP contribution in [-0.4, -0.2) is 24.6 Å². The van der Waals surface area contributed by atoms with Crippen molar-refractivity contribution in [1.82, 2.24) is 19.5 Å². The van der Waals surface area contributed by atoms with Gasteiger partial charge in [0.2, 0.25) is 0 Å². The summed E-state index contributed by atoms with van der Waals surface area (Å²) in [5, 5.41) is 10.8. The van der Waals surface area contributed by atoms with E-state index in [1.165, 1.54) is 5.56 Å². The van der Waals surface area contributed by atoms with Crippen LogP contribution < -0.4 is 0 Å². The molecule has 7 rings (SSSR count). The number of hydrogen-bond acceptors (Lipinski definition) is 4. The van der Waals surface area contributed by atoms with E-state index in [9.17, 15) is 5.11 Å². The Morgan fingerprint density at radius 3 is 2.18 bits per heavy atom. The number of phenolic OH excluding ortho intramolecular Hbond substituents is 1. The predicted molar refractivity (Wildman–Crippen MR) is 174 cm³/mol. The van der Waals surface area contributed by atoms with Gasteiger partial charge in [-0.15, -0.1) is 29.8 Å². The molecule has 0 unspecified atom stereocenters. The molecule has 220 valence electrons. The Labute approximate surface area is 271 Å². The van der Waals surface area contributed by atoms with Crippen molar-refractivity contribution in [2.45, 2.75) is 33.1 Å². The molecule has 0 aliphatic heterocycles. The summed E-state index contributed by atoms with van der Waals surface area (Å²) >= 11 is 0. The van der Waals surface area contributed by atoms with Gasteiger partial charge in [0.25, 0.3) is 0 Å². The van der Waals surface area contributed by atoms with Crippen molar-refractivity contribution in [1.29, 1.82) is 0 Å². The van der Waals surface area contributed by atoms with Gasteiger partial charge in [0.1, 0.15) is 5.75 Å². The molecule has 0 spiro atoms. The zero-order valence-electron chi connectivity index (χ0n) is 24.9. The summed E-state index contributed by atoms with van der Waals surface area (Å²) in [4.78, 5) is 14.5. The summed E-state index contributed by atoms with van der Waals surface area (Å²) in [5.41, 5.74) is 11.3. The zero-order valence-corrected chi connectivity index (χ0v) is 27.2. The predicted octanol–water partition coefficient (Wildman–Crippen LogP) is 9.08. The molecule has 5 nitrogen and oxygen atoms in total. The van der Waals surface area contributed by atoms with Crippen LogP contribution in [0, 0.1) is 13.0 Å². The summed E-state index contributed by atoms with van der Waals surface area (Å²) in [5.74, 6) is 0.993. The number of aromatic nitrogens is 4. The standard InChI is InChI=1S/C38H31N4O.Pt/c1-24-21-31(35-32(22-24)39-19-20-40-35)25-9-7-10-26(23-25)37-41-36-30(29-11-5-6-14-34(29)43)12-8-13-33(36)42(37)28-17-15-27(16-18-28)38(2,3)4;/h5-22,43H,1-4H3;/q-1;. The fourth-order valence-corrected chi connectivity index (χ4v) is 5.75. The van der Waals surface area contributed by atoms with Crippen LogP contribution in [-0.2, 0) is 26.5 Å². The second-order valence-corrected chi connectivity index (χ2v) is 12.0. The smallest absolute Gasteiger partial charge is 0.123 e. The van der Waals surface area contributed by atoms with Crippen molar-refractivity contribution in [2.75, 3.05) is 0 Å². The molecule has 7 aromatic rings. The Morgan fingerprint density at radius 2 is 1.41 bits per heavy atom. The molecule has 0 saturated carbocycles. The normalized spacial score (nSPS) is 11.5. The van der Waals surface area contributed by atoms with Crippen molar-refractivity contribution in [3.8, 4) is 45.1 Å². The molecule has 0 bridgehead atoms. The molecule has 1 N–H and O–H groups in total. The molecule has 44 heavy (non-hydrogen) atoms. The molecule has 0 amide bonds. The third kappa shape index (κ3) is 5.22. The first-order valence-corrected chi connectivity index (χ1v) is 14.4. The van der Waals surface area contributed by atoms with Gasteiger partial charge in [-0.1, -0.05) is 86.0 Å². The number of rotatable bonds is 4. The first-order valence-electron chi connectivity index (χ1n) is 14.4. The van der Waals surface area contributed by atoms with Crippen molar-refractivity contribution in [3.63, 3.8) is 0 Å². The molecule has 2 aromatic heterocycles. The van der Waals surface area contributed by atoms with E-state index in [0.717, 1.165) is 67.0 Å². The van der Waals surface area contributed by atoms with Crippen LogP contribution in [0.25, 0.3) is 61.4 Å². The summed E-state index contributed by atoms with van der Waals surface area (Å²) in [7, 11) is 0. The first kappa shape index (κ1) is 29.5. The topological polar surface area (TPSA) is 63.8 Å². The van der Waals surface area contributed by atoms with E-state index in [1.807, 2.05) is 42.5 Å². The summed E-state index contributed by atoms with van der Waals surface area (Å²) in [6.07, 6.45) is 3.45. The number of imidazole rings is 1. The number of fused-ring (bicyclic) bond motifs is 2. The van der Waals surface area contributed by atoms with Crippen molar-refractivity contribution >= 4 is 22.1 Å². The Hall–Kier alpha value is -4.60. The van der Waals surface area contributed by atoms with Gasteiger partial charge in [0.05, 0.1) is 27.9 Å². The minimum Gasteiger partial charge on any atom is -0.507 e. The molecule has 0 fully saturated rings. The number of aromatic hydroxyl groups is 1. The SMILES string of the molecule is Cc1cc(-c2[c-]c(-c3nc4c(-c5ccccc5O)cccc4n3-c3ccc(C(C)(C)C)cc3)ccc2)c2nccnc2c1.[Pt]. The van der Waals surface area contributed by atoms with Gasteiger partial charge in [0, 0.05) is 50.3 Å². The number of para-hydroxylation sites is 2. The molecule has 2 heterocycles. The van der Waals surface area contributed by atoms with Crippen LogP contribution in [0.4, 0.5) is 0 Å². The second kappa shape index (κ2) is 11.5. The van der Waals surface area contributed by atoms with Crippen LogP contribution in [0.2, 0.25) is 0 Å². The Morgan fingerprint density at radius 1 is 0.705 bits per heavy atom. The summed E-state index contributed by atoms with van der Waals surface area (Å²) < 4.78 is 2.19. The maximum absolute atomic E-state index is 10.8. The van der Waals surface area contributed by atoms with Crippen molar-refractivity contribution in [2.24, 2.45) is 0 Å². The van der Waals surface area contributed by atoms with Crippen LogP contribution in [0.3, 0.4) is 0 Å². The largest absolute Gasteiger partial charge is 0.507 e. The van der Waals surface area contributed by atoms with Gasteiger partial charge in [-0.05, 0) is 48.2 Å². The van der Waals surface area contributed by atoms with Gasteiger partial charge in [-0.2, -0.15) is 0 Å². The van der Waals surface area contributed by atoms with Gasteiger partial charge in [-0.3, -0.25) is 15.0 Å². The van der Waals surface area contributed by atoms with Gasteiger partial charge < -0.3 is 9.67 Å². The molecule has 0 radical (unpaired) electrons. The van der Waals surface area contributed by atoms with E-state index in [4.69, 9.17) is 4.98 Å². The fourth-order valence-electron chi connectivity index (χ4n) is 5.75. The molecular weight excluding hydrogens is 724 g/mol. The van der Waals surface area contributed by atoms with E-state index in [-0.39, 0.29) is 32.2 Å². The minimum absolute atomic E-state index is 0. The van der Waals surface area contributed by atoms with E-state index >= 15 is 0 Å². The minimum atomic E-state index is 0. The van der Waals surface area contributed by atoms with Crippen LogP contribution in [0.15, 0.2) is 109 Å². The van der Waals surface area contributed by atoms with Crippen LogP contribution in [0.5, 0.6) is 5.75 Å². The third-order valence-corrected chi connectivity index (χ3v) is 7.92. The van der Waals surface area contributed by atoms with E-state index in [0.29, 0.717) is 0 Å². The van der Waals surface area contributed by atoms with E-state index < -0.39 is 0 Å². The first-order chi connectivity index (χ1) is 20.8. The van der Waals surface area contributed by atoms with E-state index in [2.05, 4.69) is 96.8 Å². The van der Waals surface area contributed by atoms with Gasteiger partial charge in [-0.25, -0.2) is 0 Å². The quantitative estimate of drug-likeness (QED) is 0.182. The number of benzene rings is 5. The number of phenols is 1. The van der Waals surface area contributed by atoms with Crippen molar-refractivity contribution < 1.29 is 26.2 Å². The molecule has 5 aromatic carbocycles. The second-order valence-electron chi connectivity index (χ2n) is 12.0. The monoisotopic (exact) mass is 754 g/mol. The zero-order chi connectivity index (χ0) is 29.7. The third-order valence-electron chi connectivity index (χ3n) is 7.92. The maximum atomic E-state index is 10.8. The number of nitrogens with zero attached hydrogens (tertiary/aromatic N) is 4. The summed E-state index contributed by atoms with van der Waals surface area (Å²) in [6, 6.07) is 36.2. The van der Waals surface area contributed by atoms with Crippen molar-refractivity contribution in [3.05, 3.63) is 127 Å². The summed E-state index contributed by atoms with van der Waals surface area (Å²) in [6.45, 7) is 8.73. The number of aryl methyl sites for hydroxylation is 1. The molecule has 0 saturated heterocycles. The Balaban J connectivity index is 0.00000343. The maximum Gasteiger partial charge on any atom is 0.123 e. The van der Waals surface area contributed by atoms with E-state index in [1.54, 1.807) is 18.5 Å². The number of hydrogen-bond donors (Lipinski definition) is 1. The van der Waals surface area contributed by atoms with Crippen LogP contribution >= 0.6 is 0 Å². The molecule has 0 aliphatic rings. The van der Waals surface area contributed by atoms with Gasteiger partial charge in [0.15, 0.2) is 0 Å². The fraction of sp³-hybridized carbons (Fsp3) is 0.132. The molecule has 0 atom stereocenters. The molecule has 6 heteroatoms. The molecular formula is C38H31N4OPt-. The molecule has 0 aliphatic carbocycles. The Kier molecular flexibility index (Phi) is 7.69. The average molecular weight is 755 g/mol. The van der Waals surface area contributed by atoms with Crippen LogP contribution in [0.1, 0.15) is 31.9 Å². The van der Waals surface area contributed by atoms with Gasteiger partial charge >= 0.3 is 0 Å². The Bertz CT molecular complexity index is 2140.